The second-order valence-electron chi connectivity index (χ2n) is 5.42. The molecule has 3 aliphatic heterocycles. The third-order valence-electron chi connectivity index (χ3n) is 4.15. The lowest BCUT2D eigenvalue weighted by Gasteiger charge is -2.21. The van der Waals surface area contributed by atoms with Gasteiger partial charge in [-0.2, -0.15) is 0 Å². The maximum Gasteiger partial charge on any atom is 0.325 e. The molecule has 2 N–H and O–H groups in total. The predicted octanol–water partition coefficient (Wildman–Crippen LogP) is -1.11. The Balaban J connectivity index is 1.69. The van der Waals surface area contributed by atoms with E-state index in [1.54, 1.807) is 4.90 Å². The van der Waals surface area contributed by atoms with E-state index in [1.165, 1.54) is 0 Å². The van der Waals surface area contributed by atoms with Crippen molar-refractivity contribution in [2.24, 2.45) is 0 Å². The number of nitrogens with one attached hydrogen (secondary N) is 2. The minimum atomic E-state index is -0.817. The number of rotatable bonds is 2. The van der Waals surface area contributed by atoms with E-state index >= 15 is 0 Å². The molecule has 0 aliphatic carbocycles. The summed E-state index contributed by atoms with van der Waals surface area (Å²) in [5.41, 5.74) is -0.817. The molecule has 0 radical (unpaired) electrons. The van der Waals surface area contributed by atoms with Gasteiger partial charge in [-0.25, -0.2) is 4.79 Å². The molecule has 0 aromatic heterocycles. The minimum Gasteiger partial charge on any atom is -0.341 e. The molecule has 104 valence electrons. The van der Waals surface area contributed by atoms with Gasteiger partial charge in [-0.3, -0.25) is 14.5 Å². The number of hydrogen-bond donors (Lipinski definition) is 2. The molecule has 7 heteroatoms. The Bertz CT molecular complexity index is 425. The summed E-state index contributed by atoms with van der Waals surface area (Å²) in [6.45, 7) is 2.49. The number of carbonyl (C=O) groups excluding carboxylic acids is 3. The standard InChI is InChI=1S/C12H18N4O3/c17-9(15-5-1-2-6-15)7-16-10(18)12(14-11(16)19)3-4-13-8-12/h13H,1-8H2,(H,14,19). The van der Waals surface area contributed by atoms with E-state index < -0.39 is 11.6 Å². The second kappa shape index (κ2) is 4.48. The number of carbonyl (C=O) groups is 3. The van der Waals surface area contributed by atoms with Crippen LogP contribution in [0.5, 0.6) is 0 Å². The van der Waals surface area contributed by atoms with Gasteiger partial charge in [-0.05, 0) is 25.8 Å². The average Bonchev–Trinajstić information content (AvgIpc) is 3.08. The molecule has 3 fully saturated rings. The van der Waals surface area contributed by atoms with E-state index in [4.69, 9.17) is 0 Å². The van der Waals surface area contributed by atoms with Crippen LogP contribution in [0.15, 0.2) is 0 Å². The van der Waals surface area contributed by atoms with Gasteiger partial charge in [0, 0.05) is 19.6 Å². The third-order valence-corrected chi connectivity index (χ3v) is 4.15. The summed E-state index contributed by atoms with van der Waals surface area (Å²) in [5, 5.41) is 5.81. The highest BCUT2D eigenvalue weighted by atomic mass is 16.2. The van der Waals surface area contributed by atoms with E-state index in [2.05, 4.69) is 10.6 Å². The molecular weight excluding hydrogens is 248 g/mol. The zero-order valence-corrected chi connectivity index (χ0v) is 10.8. The molecule has 0 bridgehead atoms. The fourth-order valence-electron chi connectivity index (χ4n) is 3.00. The van der Waals surface area contributed by atoms with Crippen molar-refractivity contribution in [2.75, 3.05) is 32.7 Å². The van der Waals surface area contributed by atoms with Crippen LogP contribution in [0.1, 0.15) is 19.3 Å². The molecule has 7 nitrogen and oxygen atoms in total. The number of urea groups is 1. The maximum atomic E-state index is 12.3. The van der Waals surface area contributed by atoms with Crippen LogP contribution in [-0.2, 0) is 9.59 Å². The minimum absolute atomic E-state index is 0.133. The molecule has 4 amide bonds. The normalized spacial score (nSPS) is 30.5. The first-order chi connectivity index (χ1) is 9.12. The maximum absolute atomic E-state index is 12.3. The predicted molar refractivity (Wildman–Crippen MR) is 66.3 cm³/mol. The first kappa shape index (κ1) is 12.4. The Morgan fingerprint density at radius 1 is 1.26 bits per heavy atom. The fourth-order valence-corrected chi connectivity index (χ4v) is 3.00. The van der Waals surface area contributed by atoms with Gasteiger partial charge in [0.05, 0.1) is 0 Å². The summed E-state index contributed by atoms with van der Waals surface area (Å²) in [6.07, 6.45) is 2.59. The highest BCUT2D eigenvalue weighted by Gasteiger charge is 2.53. The van der Waals surface area contributed by atoms with Crippen molar-refractivity contribution in [2.45, 2.75) is 24.8 Å². The molecule has 3 rings (SSSR count). The van der Waals surface area contributed by atoms with Gasteiger partial charge < -0.3 is 15.5 Å². The Morgan fingerprint density at radius 2 is 2.00 bits per heavy atom. The van der Waals surface area contributed by atoms with E-state index in [-0.39, 0.29) is 18.4 Å². The van der Waals surface area contributed by atoms with Gasteiger partial charge in [0.25, 0.3) is 5.91 Å². The Hall–Kier alpha value is -1.63. The number of nitrogens with zero attached hydrogens (tertiary/aromatic N) is 2. The number of likely N-dealkylation sites (tertiary alicyclic amines) is 1. The number of amides is 4. The highest BCUT2D eigenvalue weighted by Crippen LogP contribution is 2.24. The summed E-state index contributed by atoms with van der Waals surface area (Å²) in [4.78, 5) is 39.0. The van der Waals surface area contributed by atoms with Crippen molar-refractivity contribution >= 4 is 17.8 Å². The molecule has 0 aromatic carbocycles. The van der Waals surface area contributed by atoms with Crippen LogP contribution in [0.2, 0.25) is 0 Å². The molecule has 3 aliphatic rings. The van der Waals surface area contributed by atoms with Crippen molar-refractivity contribution in [1.82, 2.24) is 20.4 Å². The van der Waals surface area contributed by atoms with Crippen LogP contribution in [0.4, 0.5) is 4.79 Å². The Kier molecular flexibility index (Phi) is 2.93. The van der Waals surface area contributed by atoms with Crippen LogP contribution in [-0.4, -0.2) is 65.9 Å². The monoisotopic (exact) mass is 266 g/mol. The topological polar surface area (TPSA) is 81.8 Å². The van der Waals surface area contributed by atoms with Crippen LogP contribution >= 0.6 is 0 Å². The lowest BCUT2D eigenvalue weighted by atomic mass is 9.99. The second-order valence-corrected chi connectivity index (χ2v) is 5.42. The van der Waals surface area contributed by atoms with Gasteiger partial charge in [-0.1, -0.05) is 0 Å². The van der Waals surface area contributed by atoms with Crippen molar-refractivity contribution in [1.29, 1.82) is 0 Å². The van der Waals surface area contributed by atoms with Gasteiger partial charge in [0.2, 0.25) is 5.91 Å². The zero-order chi connectivity index (χ0) is 13.5. The summed E-state index contributed by atoms with van der Waals surface area (Å²) >= 11 is 0. The van der Waals surface area contributed by atoms with Gasteiger partial charge >= 0.3 is 6.03 Å². The van der Waals surface area contributed by atoms with Gasteiger partial charge in [-0.15, -0.1) is 0 Å². The van der Waals surface area contributed by atoms with E-state index in [0.29, 0.717) is 19.5 Å². The first-order valence-corrected chi connectivity index (χ1v) is 6.75. The van der Waals surface area contributed by atoms with Crippen molar-refractivity contribution in [3.63, 3.8) is 0 Å². The zero-order valence-electron chi connectivity index (χ0n) is 10.8. The van der Waals surface area contributed by atoms with Crippen molar-refractivity contribution in [3.05, 3.63) is 0 Å². The smallest absolute Gasteiger partial charge is 0.325 e. The van der Waals surface area contributed by atoms with E-state index in [0.717, 1.165) is 30.8 Å². The average molecular weight is 266 g/mol. The summed E-state index contributed by atoms with van der Waals surface area (Å²) in [5.74, 6) is -0.404. The van der Waals surface area contributed by atoms with E-state index in [9.17, 15) is 14.4 Å². The molecule has 0 aromatic rings. The van der Waals surface area contributed by atoms with Crippen LogP contribution < -0.4 is 10.6 Å². The van der Waals surface area contributed by atoms with Gasteiger partial charge in [0.15, 0.2) is 0 Å². The summed E-state index contributed by atoms with van der Waals surface area (Å²) < 4.78 is 0. The third kappa shape index (κ3) is 1.98. The lowest BCUT2D eigenvalue weighted by Crippen LogP contribution is -2.49. The quantitative estimate of drug-likeness (QED) is 0.621. The highest BCUT2D eigenvalue weighted by molar-refractivity contribution is 6.09. The number of hydrogen-bond acceptors (Lipinski definition) is 4. The van der Waals surface area contributed by atoms with Crippen molar-refractivity contribution in [3.8, 4) is 0 Å². The lowest BCUT2D eigenvalue weighted by molar-refractivity contribution is -0.138. The van der Waals surface area contributed by atoms with Crippen molar-refractivity contribution < 1.29 is 14.4 Å². The molecule has 1 atom stereocenters. The Labute approximate surface area is 111 Å². The molecular formula is C12H18N4O3. The molecule has 0 saturated carbocycles. The van der Waals surface area contributed by atoms with Crippen LogP contribution in [0.25, 0.3) is 0 Å². The summed E-state index contributed by atoms with van der Waals surface area (Å²) in [6, 6.07) is -0.443. The van der Waals surface area contributed by atoms with Gasteiger partial charge in [0.1, 0.15) is 12.1 Å². The van der Waals surface area contributed by atoms with E-state index in [1.807, 2.05) is 0 Å². The molecule has 1 spiro atoms. The Morgan fingerprint density at radius 3 is 2.63 bits per heavy atom. The van der Waals surface area contributed by atoms with Crippen LogP contribution in [0, 0.1) is 0 Å². The van der Waals surface area contributed by atoms with Crippen LogP contribution in [0.3, 0.4) is 0 Å². The molecule has 3 saturated heterocycles. The molecule has 1 unspecified atom stereocenters. The largest absolute Gasteiger partial charge is 0.341 e. The molecule has 19 heavy (non-hydrogen) atoms. The number of imide groups is 1. The summed E-state index contributed by atoms with van der Waals surface area (Å²) in [7, 11) is 0. The SMILES string of the molecule is O=C(CN1C(=O)NC2(CCNC2)C1=O)N1CCCC1. The fraction of sp³-hybridized carbons (Fsp3) is 0.750. The first-order valence-electron chi connectivity index (χ1n) is 6.75. The molecule has 3 heterocycles.